The summed E-state index contributed by atoms with van der Waals surface area (Å²) in [7, 11) is 0. The van der Waals surface area contributed by atoms with Crippen molar-refractivity contribution in [3.63, 3.8) is 0 Å². The number of amides is 1. The minimum atomic E-state index is 0.0913. The van der Waals surface area contributed by atoms with Crippen molar-refractivity contribution >= 4 is 17.7 Å². The number of hydrogen-bond acceptors (Lipinski definition) is 2. The molecule has 1 aliphatic heterocycles. The molecule has 2 N–H and O–H groups in total. The standard InChI is InChI=1S/C15H20N2O/c1-11-9-17(10-12(11)2)15(18)7-6-13-4-3-5-14(16)8-13/h3-8,11-12H,9-10,16H2,1-2H3/b7-6+. The van der Waals surface area contributed by atoms with Gasteiger partial charge in [-0.1, -0.05) is 26.0 Å². The van der Waals surface area contributed by atoms with Crippen LogP contribution in [-0.2, 0) is 4.79 Å². The van der Waals surface area contributed by atoms with Gasteiger partial charge in [-0.05, 0) is 35.6 Å². The van der Waals surface area contributed by atoms with Crippen LogP contribution < -0.4 is 5.73 Å². The van der Waals surface area contributed by atoms with Crippen molar-refractivity contribution in [3.8, 4) is 0 Å². The first-order valence-corrected chi connectivity index (χ1v) is 6.39. The molecular formula is C15H20N2O. The van der Waals surface area contributed by atoms with Crippen LogP contribution in [0.2, 0.25) is 0 Å². The molecule has 1 heterocycles. The van der Waals surface area contributed by atoms with Gasteiger partial charge in [0.1, 0.15) is 0 Å². The molecule has 0 aliphatic carbocycles. The number of carbonyl (C=O) groups is 1. The molecule has 1 fully saturated rings. The molecule has 1 amide bonds. The highest BCUT2D eigenvalue weighted by molar-refractivity contribution is 5.92. The molecule has 3 nitrogen and oxygen atoms in total. The number of likely N-dealkylation sites (tertiary alicyclic amines) is 1. The Morgan fingerprint density at radius 3 is 2.61 bits per heavy atom. The number of rotatable bonds is 2. The fraction of sp³-hybridized carbons (Fsp3) is 0.400. The maximum atomic E-state index is 12.0. The molecule has 0 radical (unpaired) electrons. The van der Waals surface area contributed by atoms with E-state index in [2.05, 4.69) is 13.8 Å². The van der Waals surface area contributed by atoms with Crippen LogP contribution in [0.15, 0.2) is 30.3 Å². The maximum Gasteiger partial charge on any atom is 0.246 e. The normalized spacial score (nSPS) is 23.8. The van der Waals surface area contributed by atoms with Gasteiger partial charge in [0.25, 0.3) is 0 Å². The molecule has 18 heavy (non-hydrogen) atoms. The van der Waals surface area contributed by atoms with Gasteiger partial charge in [-0.25, -0.2) is 0 Å². The van der Waals surface area contributed by atoms with E-state index in [0.717, 1.165) is 18.7 Å². The van der Waals surface area contributed by atoms with Crippen molar-refractivity contribution in [2.75, 3.05) is 18.8 Å². The molecule has 1 aromatic rings. The van der Waals surface area contributed by atoms with Crippen LogP contribution in [0, 0.1) is 11.8 Å². The van der Waals surface area contributed by atoms with Crippen LogP contribution in [0.1, 0.15) is 19.4 Å². The SMILES string of the molecule is CC1CN(C(=O)/C=C/c2cccc(N)c2)CC1C. The number of carbonyl (C=O) groups excluding carboxylic acids is 1. The predicted octanol–water partition coefficient (Wildman–Crippen LogP) is 2.40. The molecule has 2 rings (SSSR count). The summed E-state index contributed by atoms with van der Waals surface area (Å²) in [5.41, 5.74) is 7.37. The fourth-order valence-electron chi connectivity index (χ4n) is 2.25. The van der Waals surface area contributed by atoms with Crippen LogP contribution >= 0.6 is 0 Å². The average Bonchev–Trinajstić information content (AvgIpc) is 2.67. The van der Waals surface area contributed by atoms with Crippen molar-refractivity contribution < 1.29 is 4.79 Å². The summed E-state index contributed by atoms with van der Waals surface area (Å²) in [6.45, 7) is 6.11. The van der Waals surface area contributed by atoms with Crippen molar-refractivity contribution in [1.29, 1.82) is 0 Å². The Hall–Kier alpha value is -1.77. The zero-order valence-electron chi connectivity index (χ0n) is 11.0. The molecule has 0 aromatic heterocycles. The van der Waals surface area contributed by atoms with E-state index in [0.29, 0.717) is 17.5 Å². The van der Waals surface area contributed by atoms with E-state index >= 15 is 0 Å². The van der Waals surface area contributed by atoms with Gasteiger partial charge >= 0.3 is 0 Å². The van der Waals surface area contributed by atoms with Crippen LogP contribution in [0.3, 0.4) is 0 Å². The number of nitrogens with two attached hydrogens (primary N) is 1. The van der Waals surface area contributed by atoms with E-state index < -0.39 is 0 Å². The van der Waals surface area contributed by atoms with E-state index in [1.807, 2.05) is 35.2 Å². The fourth-order valence-corrected chi connectivity index (χ4v) is 2.25. The van der Waals surface area contributed by atoms with Gasteiger partial charge in [0.15, 0.2) is 0 Å². The summed E-state index contributed by atoms with van der Waals surface area (Å²) in [6.07, 6.45) is 3.46. The zero-order chi connectivity index (χ0) is 13.1. The monoisotopic (exact) mass is 244 g/mol. The first-order chi connectivity index (χ1) is 8.56. The van der Waals surface area contributed by atoms with Gasteiger partial charge in [-0.3, -0.25) is 4.79 Å². The van der Waals surface area contributed by atoms with Gasteiger partial charge in [0, 0.05) is 24.9 Å². The van der Waals surface area contributed by atoms with E-state index in [1.54, 1.807) is 6.08 Å². The largest absolute Gasteiger partial charge is 0.399 e. The molecule has 2 atom stereocenters. The number of benzene rings is 1. The minimum absolute atomic E-state index is 0.0913. The number of anilines is 1. The predicted molar refractivity (Wildman–Crippen MR) is 74.8 cm³/mol. The van der Waals surface area contributed by atoms with Crippen LogP contribution in [-0.4, -0.2) is 23.9 Å². The van der Waals surface area contributed by atoms with Gasteiger partial charge in [-0.15, -0.1) is 0 Å². The summed E-state index contributed by atoms with van der Waals surface area (Å²) in [5, 5.41) is 0. The highest BCUT2D eigenvalue weighted by Gasteiger charge is 2.27. The molecule has 1 saturated heterocycles. The van der Waals surface area contributed by atoms with Crippen molar-refractivity contribution in [3.05, 3.63) is 35.9 Å². The van der Waals surface area contributed by atoms with Crippen LogP contribution in [0.5, 0.6) is 0 Å². The molecule has 96 valence electrons. The topological polar surface area (TPSA) is 46.3 Å². The van der Waals surface area contributed by atoms with Crippen LogP contribution in [0.4, 0.5) is 5.69 Å². The van der Waals surface area contributed by atoms with Gasteiger partial charge in [-0.2, -0.15) is 0 Å². The first-order valence-electron chi connectivity index (χ1n) is 6.39. The lowest BCUT2D eigenvalue weighted by Gasteiger charge is -2.12. The van der Waals surface area contributed by atoms with Crippen molar-refractivity contribution in [2.24, 2.45) is 11.8 Å². The molecule has 0 bridgehead atoms. The second-order valence-electron chi connectivity index (χ2n) is 5.20. The van der Waals surface area contributed by atoms with E-state index in [-0.39, 0.29) is 5.91 Å². The third kappa shape index (κ3) is 2.92. The van der Waals surface area contributed by atoms with Crippen LogP contribution in [0.25, 0.3) is 6.08 Å². The van der Waals surface area contributed by atoms with E-state index in [1.165, 1.54) is 0 Å². The smallest absolute Gasteiger partial charge is 0.246 e. The Morgan fingerprint density at radius 2 is 2.00 bits per heavy atom. The Kier molecular flexibility index (Phi) is 3.70. The third-order valence-electron chi connectivity index (χ3n) is 3.63. The molecule has 1 aliphatic rings. The summed E-state index contributed by atoms with van der Waals surface area (Å²) in [6, 6.07) is 7.52. The van der Waals surface area contributed by atoms with E-state index in [9.17, 15) is 4.79 Å². The molecule has 0 saturated carbocycles. The Morgan fingerprint density at radius 1 is 1.33 bits per heavy atom. The second kappa shape index (κ2) is 5.25. The Labute approximate surface area is 108 Å². The third-order valence-corrected chi connectivity index (χ3v) is 3.63. The highest BCUT2D eigenvalue weighted by Crippen LogP contribution is 2.22. The molecule has 2 unspecified atom stereocenters. The number of hydrogen-bond donors (Lipinski definition) is 1. The summed E-state index contributed by atoms with van der Waals surface area (Å²) in [4.78, 5) is 13.9. The second-order valence-corrected chi connectivity index (χ2v) is 5.20. The van der Waals surface area contributed by atoms with Gasteiger partial charge in [0.05, 0.1) is 0 Å². The van der Waals surface area contributed by atoms with Crippen molar-refractivity contribution in [1.82, 2.24) is 4.90 Å². The Bertz CT molecular complexity index is 457. The summed E-state index contributed by atoms with van der Waals surface area (Å²) in [5.74, 6) is 1.28. The molecule has 0 spiro atoms. The zero-order valence-corrected chi connectivity index (χ0v) is 11.0. The molecule has 3 heteroatoms. The minimum Gasteiger partial charge on any atom is -0.399 e. The highest BCUT2D eigenvalue weighted by atomic mass is 16.2. The average molecular weight is 244 g/mol. The van der Waals surface area contributed by atoms with Gasteiger partial charge < -0.3 is 10.6 Å². The van der Waals surface area contributed by atoms with Crippen molar-refractivity contribution in [2.45, 2.75) is 13.8 Å². The maximum absolute atomic E-state index is 12.0. The first kappa shape index (κ1) is 12.7. The molecular weight excluding hydrogens is 224 g/mol. The lowest BCUT2D eigenvalue weighted by molar-refractivity contribution is -0.125. The van der Waals surface area contributed by atoms with E-state index in [4.69, 9.17) is 5.73 Å². The number of nitrogens with zero attached hydrogens (tertiary/aromatic N) is 1. The lowest BCUT2D eigenvalue weighted by Crippen LogP contribution is -2.26. The Balaban J connectivity index is 1.99. The number of nitrogen functional groups attached to an aromatic ring is 1. The summed E-state index contributed by atoms with van der Waals surface area (Å²) >= 11 is 0. The van der Waals surface area contributed by atoms with Gasteiger partial charge in [0.2, 0.25) is 5.91 Å². The summed E-state index contributed by atoms with van der Waals surface area (Å²) < 4.78 is 0. The quantitative estimate of drug-likeness (QED) is 0.641. The molecule has 1 aromatic carbocycles. The lowest BCUT2D eigenvalue weighted by atomic mass is 10.0.